The lowest BCUT2D eigenvalue weighted by atomic mass is 10.0. The summed E-state index contributed by atoms with van der Waals surface area (Å²) in [4.78, 5) is 16.4. The molecule has 0 unspecified atom stereocenters. The number of phenolic OH excluding ortho intramolecular Hbond substituents is 1. The van der Waals surface area contributed by atoms with Gasteiger partial charge in [0, 0.05) is 11.1 Å². The molecule has 2 aromatic carbocycles. The van der Waals surface area contributed by atoms with E-state index in [9.17, 15) is 15.0 Å². The molecular formula is C21H17N3O4. The molecule has 0 amide bonds. The second-order valence-corrected chi connectivity index (χ2v) is 6.16. The Morgan fingerprint density at radius 3 is 2.39 bits per heavy atom. The molecule has 0 atom stereocenters. The van der Waals surface area contributed by atoms with Crippen molar-refractivity contribution < 1.29 is 19.7 Å². The molecule has 0 fully saturated rings. The smallest absolute Gasteiger partial charge is 0.336 e. The van der Waals surface area contributed by atoms with Gasteiger partial charge in [-0.05, 0) is 61.5 Å². The van der Waals surface area contributed by atoms with Gasteiger partial charge in [-0.25, -0.2) is 9.78 Å². The standard InChI is InChI=1S/C21H17N3O4/c1-2-28-15-9-5-13(6-10-15)19-18-16(21(26)27)11-17(22-20(18)24-23-19)12-3-7-14(25)8-4-12/h3-11,25H,2H2,1H3,(H,26,27)(H,22,23,24). The van der Waals surface area contributed by atoms with Crippen molar-refractivity contribution in [2.45, 2.75) is 6.92 Å². The highest BCUT2D eigenvalue weighted by Crippen LogP contribution is 2.32. The van der Waals surface area contributed by atoms with Gasteiger partial charge in [-0.15, -0.1) is 0 Å². The predicted molar refractivity (Wildman–Crippen MR) is 105 cm³/mol. The average molecular weight is 375 g/mol. The Kier molecular flexibility index (Phi) is 4.41. The van der Waals surface area contributed by atoms with Gasteiger partial charge in [0.1, 0.15) is 11.5 Å². The summed E-state index contributed by atoms with van der Waals surface area (Å²) in [5.41, 5.74) is 2.94. The monoisotopic (exact) mass is 375 g/mol. The van der Waals surface area contributed by atoms with Gasteiger partial charge < -0.3 is 14.9 Å². The molecule has 0 aliphatic carbocycles. The number of hydrogen-bond acceptors (Lipinski definition) is 5. The van der Waals surface area contributed by atoms with Gasteiger partial charge in [0.25, 0.3) is 0 Å². The Morgan fingerprint density at radius 1 is 1.07 bits per heavy atom. The topological polar surface area (TPSA) is 108 Å². The van der Waals surface area contributed by atoms with Crippen LogP contribution in [0.4, 0.5) is 0 Å². The van der Waals surface area contributed by atoms with E-state index < -0.39 is 5.97 Å². The van der Waals surface area contributed by atoms with E-state index in [-0.39, 0.29) is 11.3 Å². The third-order valence-electron chi connectivity index (χ3n) is 4.37. The number of aromatic hydroxyl groups is 1. The van der Waals surface area contributed by atoms with E-state index in [0.717, 1.165) is 11.3 Å². The Bertz CT molecular complexity index is 1150. The molecule has 140 valence electrons. The third kappa shape index (κ3) is 3.14. The number of ether oxygens (including phenoxy) is 1. The van der Waals surface area contributed by atoms with Crippen molar-refractivity contribution >= 4 is 17.0 Å². The number of rotatable bonds is 5. The number of carboxylic acid groups (broad SMARTS) is 1. The third-order valence-corrected chi connectivity index (χ3v) is 4.37. The van der Waals surface area contributed by atoms with Crippen molar-refractivity contribution in [1.82, 2.24) is 15.2 Å². The molecule has 3 N–H and O–H groups in total. The SMILES string of the molecule is CCOc1ccc(-c2[nH]nc3nc(-c4ccc(O)cc4)cc(C(=O)O)c23)cc1. The first-order chi connectivity index (χ1) is 13.6. The highest BCUT2D eigenvalue weighted by Gasteiger charge is 2.19. The number of nitrogens with one attached hydrogen (secondary N) is 1. The lowest BCUT2D eigenvalue weighted by Gasteiger charge is -2.07. The zero-order valence-corrected chi connectivity index (χ0v) is 15.0. The largest absolute Gasteiger partial charge is 0.508 e. The summed E-state index contributed by atoms with van der Waals surface area (Å²) in [5, 5.41) is 26.8. The van der Waals surface area contributed by atoms with Crippen LogP contribution in [-0.2, 0) is 0 Å². The first-order valence-electron chi connectivity index (χ1n) is 8.72. The minimum Gasteiger partial charge on any atom is -0.508 e. The highest BCUT2D eigenvalue weighted by molar-refractivity contribution is 6.08. The van der Waals surface area contributed by atoms with Crippen LogP contribution >= 0.6 is 0 Å². The van der Waals surface area contributed by atoms with E-state index in [1.165, 1.54) is 18.2 Å². The van der Waals surface area contributed by atoms with Crippen LogP contribution < -0.4 is 4.74 Å². The van der Waals surface area contributed by atoms with Crippen molar-refractivity contribution in [3.63, 3.8) is 0 Å². The van der Waals surface area contributed by atoms with Gasteiger partial charge in [-0.2, -0.15) is 5.10 Å². The number of aromatic amines is 1. The molecule has 7 heteroatoms. The highest BCUT2D eigenvalue weighted by atomic mass is 16.5. The first kappa shape index (κ1) is 17.5. The molecule has 4 aromatic rings. The molecule has 0 spiro atoms. The number of H-pyrrole nitrogens is 1. The van der Waals surface area contributed by atoms with Crippen LogP contribution in [0, 0.1) is 0 Å². The number of carboxylic acids is 1. The van der Waals surface area contributed by atoms with Crippen LogP contribution in [0.2, 0.25) is 0 Å². The molecule has 7 nitrogen and oxygen atoms in total. The van der Waals surface area contributed by atoms with Crippen molar-refractivity contribution in [2.75, 3.05) is 6.61 Å². The molecule has 0 saturated carbocycles. The maximum atomic E-state index is 11.9. The van der Waals surface area contributed by atoms with Crippen molar-refractivity contribution in [2.24, 2.45) is 0 Å². The number of benzene rings is 2. The number of aromatic nitrogens is 3. The van der Waals surface area contributed by atoms with Crippen molar-refractivity contribution in [1.29, 1.82) is 0 Å². The van der Waals surface area contributed by atoms with E-state index in [4.69, 9.17) is 4.74 Å². The molecule has 0 aliphatic rings. The Labute approximate surface area is 160 Å². The second kappa shape index (κ2) is 7.03. The normalized spacial score (nSPS) is 10.9. The number of aromatic carboxylic acids is 1. The minimum atomic E-state index is -1.07. The van der Waals surface area contributed by atoms with E-state index in [1.54, 1.807) is 12.1 Å². The molecule has 2 heterocycles. The van der Waals surface area contributed by atoms with Crippen LogP contribution in [0.25, 0.3) is 33.5 Å². The second-order valence-electron chi connectivity index (χ2n) is 6.16. The zero-order chi connectivity index (χ0) is 19.7. The molecule has 28 heavy (non-hydrogen) atoms. The fourth-order valence-electron chi connectivity index (χ4n) is 3.07. The molecule has 0 radical (unpaired) electrons. The van der Waals surface area contributed by atoms with Crippen LogP contribution in [0.1, 0.15) is 17.3 Å². The average Bonchev–Trinajstić information content (AvgIpc) is 3.12. The summed E-state index contributed by atoms with van der Waals surface area (Å²) in [7, 11) is 0. The van der Waals surface area contributed by atoms with Gasteiger partial charge in [0.15, 0.2) is 5.65 Å². The molecule has 0 aliphatic heterocycles. The molecular weight excluding hydrogens is 358 g/mol. The Morgan fingerprint density at radius 2 is 1.75 bits per heavy atom. The van der Waals surface area contributed by atoms with E-state index >= 15 is 0 Å². The summed E-state index contributed by atoms with van der Waals surface area (Å²) < 4.78 is 5.45. The summed E-state index contributed by atoms with van der Waals surface area (Å²) in [6, 6.07) is 15.3. The summed E-state index contributed by atoms with van der Waals surface area (Å²) in [6.07, 6.45) is 0. The van der Waals surface area contributed by atoms with Crippen molar-refractivity contribution in [3.8, 4) is 34.0 Å². The summed E-state index contributed by atoms with van der Waals surface area (Å²) in [6.45, 7) is 2.48. The maximum Gasteiger partial charge on any atom is 0.336 e. The number of carbonyl (C=O) groups is 1. The van der Waals surface area contributed by atoms with Crippen LogP contribution in [-0.4, -0.2) is 38.0 Å². The maximum absolute atomic E-state index is 11.9. The quantitative estimate of drug-likeness (QED) is 0.485. The van der Waals surface area contributed by atoms with Gasteiger partial charge >= 0.3 is 5.97 Å². The van der Waals surface area contributed by atoms with Gasteiger partial charge in [-0.3, -0.25) is 5.10 Å². The molecule has 0 bridgehead atoms. The Balaban J connectivity index is 1.86. The lowest BCUT2D eigenvalue weighted by Crippen LogP contribution is -2.00. The van der Waals surface area contributed by atoms with E-state index in [0.29, 0.717) is 34.6 Å². The number of nitrogens with zero attached hydrogens (tertiary/aromatic N) is 2. The lowest BCUT2D eigenvalue weighted by molar-refractivity contribution is 0.0699. The van der Waals surface area contributed by atoms with Gasteiger partial charge in [0.05, 0.1) is 28.9 Å². The van der Waals surface area contributed by atoms with Crippen LogP contribution in [0.5, 0.6) is 11.5 Å². The minimum absolute atomic E-state index is 0.103. The predicted octanol–water partition coefficient (Wildman–Crippen LogP) is 4.09. The zero-order valence-electron chi connectivity index (χ0n) is 15.0. The first-order valence-corrected chi connectivity index (χ1v) is 8.72. The van der Waals surface area contributed by atoms with E-state index in [1.807, 2.05) is 31.2 Å². The number of hydrogen-bond donors (Lipinski definition) is 3. The molecule has 0 saturated heterocycles. The molecule has 2 aromatic heterocycles. The summed E-state index contributed by atoms with van der Waals surface area (Å²) >= 11 is 0. The fourth-order valence-corrected chi connectivity index (χ4v) is 3.07. The molecule has 4 rings (SSSR count). The van der Waals surface area contributed by atoms with Crippen LogP contribution in [0.15, 0.2) is 54.6 Å². The number of phenols is 1. The Hall–Kier alpha value is -3.87. The number of fused-ring (bicyclic) bond motifs is 1. The van der Waals surface area contributed by atoms with E-state index in [2.05, 4.69) is 15.2 Å². The van der Waals surface area contributed by atoms with Gasteiger partial charge in [-0.1, -0.05) is 0 Å². The fraction of sp³-hybridized carbons (Fsp3) is 0.0952. The van der Waals surface area contributed by atoms with Crippen molar-refractivity contribution in [3.05, 3.63) is 60.2 Å². The number of pyridine rings is 1. The summed E-state index contributed by atoms with van der Waals surface area (Å²) in [5.74, 6) is -0.205. The van der Waals surface area contributed by atoms with Crippen LogP contribution in [0.3, 0.4) is 0 Å². The van der Waals surface area contributed by atoms with Gasteiger partial charge in [0.2, 0.25) is 0 Å².